The Morgan fingerprint density at radius 3 is 2.71 bits per heavy atom. The van der Waals surface area contributed by atoms with Gasteiger partial charge in [-0.05, 0) is 51.8 Å². The summed E-state index contributed by atoms with van der Waals surface area (Å²) in [5.74, 6) is 0. The van der Waals surface area contributed by atoms with Gasteiger partial charge >= 0.3 is 6.09 Å². The van der Waals surface area contributed by atoms with Crippen LogP contribution in [-0.4, -0.2) is 40.7 Å². The van der Waals surface area contributed by atoms with Crippen LogP contribution in [0, 0.1) is 0 Å². The number of likely N-dealkylation sites (tertiary alicyclic amines) is 1. The van der Waals surface area contributed by atoms with Crippen molar-refractivity contribution in [3.05, 3.63) is 30.1 Å². The minimum atomic E-state index is -0.438. The van der Waals surface area contributed by atoms with Gasteiger partial charge in [-0.15, -0.1) is 0 Å². The number of hydrogen-bond donors (Lipinski definition) is 1. The van der Waals surface area contributed by atoms with E-state index in [1.165, 1.54) is 5.56 Å². The first-order valence-electron chi connectivity index (χ1n) is 7.49. The van der Waals surface area contributed by atoms with Crippen LogP contribution in [-0.2, 0) is 4.74 Å². The van der Waals surface area contributed by atoms with Crippen LogP contribution in [0.2, 0.25) is 0 Å². The molecule has 1 saturated heterocycles. The van der Waals surface area contributed by atoms with Crippen molar-refractivity contribution in [1.82, 2.24) is 15.2 Å². The Bertz CT molecular complexity index is 470. The predicted molar refractivity (Wildman–Crippen MR) is 82.0 cm³/mol. The summed E-state index contributed by atoms with van der Waals surface area (Å²) in [4.78, 5) is 17.8. The fourth-order valence-electron chi connectivity index (χ4n) is 2.49. The first-order valence-corrected chi connectivity index (χ1v) is 7.49. The number of carbonyl (C=O) groups excluding carboxylic acids is 1. The van der Waals surface area contributed by atoms with Crippen LogP contribution in [0.5, 0.6) is 0 Å². The van der Waals surface area contributed by atoms with Crippen LogP contribution in [0.15, 0.2) is 24.5 Å². The molecule has 0 aromatic carbocycles. The highest BCUT2D eigenvalue weighted by Gasteiger charge is 2.30. The highest BCUT2D eigenvalue weighted by Crippen LogP contribution is 2.18. The lowest BCUT2D eigenvalue weighted by Crippen LogP contribution is -2.39. The van der Waals surface area contributed by atoms with E-state index in [0.29, 0.717) is 12.6 Å². The number of hydrogen-bond acceptors (Lipinski definition) is 4. The van der Waals surface area contributed by atoms with E-state index in [1.54, 1.807) is 17.3 Å². The highest BCUT2D eigenvalue weighted by atomic mass is 16.6. The Balaban J connectivity index is 1.84. The highest BCUT2D eigenvalue weighted by molar-refractivity contribution is 5.68. The third-order valence-corrected chi connectivity index (χ3v) is 3.53. The summed E-state index contributed by atoms with van der Waals surface area (Å²) in [6, 6.07) is 4.58. The standard InChI is InChI=1S/C16H25N3O2/c1-12(13-5-8-17-9-6-13)18-14-7-10-19(11-14)15(20)21-16(2,3)4/h5-6,8-9,12,14,18H,7,10-11H2,1-4H3. The number of nitrogens with one attached hydrogen (secondary N) is 1. The van der Waals surface area contributed by atoms with E-state index in [0.717, 1.165) is 13.0 Å². The maximum atomic E-state index is 12.0. The van der Waals surface area contributed by atoms with Gasteiger partial charge in [0.1, 0.15) is 5.60 Å². The molecule has 1 aliphatic heterocycles. The maximum absolute atomic E-state index is 12.0. The smallest absolute Gasteiger partial charge is 0.410 e. The van der Waals surface area contributed by atoms with Crippen LogP contribution in [0.25, 0.3) is 0 Å². The predicted octanol–water partition coefficient (Wildman–Crippen LogP) is 2.74. The second-order valence-corrected chi connectivity index (χ2v) is 6.58. The zero-order valence-electron chi connectivity index (χ0n) is 13.3. The van der Waals surface area contributed by atoms with Crippen LogP contribution in [0.3, 0.4) is 0 Å². The van der Waals surface area contributed by atoms with E-state index < -0.39 is 5.60 Å². The van der Waals surface area contributed by atoms with Crippen molar-refractivity contribution in [3.8, 4) is 0 Å². The molecule has 2 atom stereocenters. The molecule has 0 bridgehead atoms. The van der Waals surface area contributed by atoms with Crippen molar-refractivity contribution < 1.29 is 9.53 Å². The molecule has 2 unspecified atom stereocenters. The minimum Gasteiger partial charge on any atom is -0.444 e. The Hall–Kier alpha value is -1.62. The molecule has 1 aromatic rings. The van der Waals surface area contributed by atoms with Gasteiger partial charge in [-0.3, -0.25) is 4.98 Å². The van der Waals surface area contributed by atoms with E-state index in [9.17, 15) is 4.79 Å². The molecule has 5 heteroatoms. The number of amides is 1. The normalized spacial score (nSPS) is 20.4. The molecule has 1 N–H and O–H groups in total. The molecule has 0 saturated carbocycles. The fourth-order valence-corrected chi connectivity index (χ4v) is 2.49. The second kappa shape index (κ2) is 6.43. The molecule has 1 aromatic heterocycles. The number of aromatic nitrogens is 1. The van der Waals surface area contributed by atoms with Gasteiger partial charge in [-0.2, -0.15) is 0 Å². The Labute approximate surface area is 126 Å². The van der Waals surface area contributed by atoms with E-state index in [2.05, 4.69) is 17.2 Å². The summed E-state index contributed by atoms with van der Waals surface area (Å²) in [5.41, 5.74) is 0.771. The lowest BCUT2D eigenvalue weighted by atomic mass is 10.1. The summed E-state index contributed by atoms with van der Waals surface area (Å²) in [7, 11) is 0. The Kier molecular flexibility index (Phi) is 4.83. The van der Waals surface area contributed by atoms with Gasteiger partial charge in [-0.1, -0.05) is 0 Å². The van der Waals surface area contributed by atoms with Gasteiger partial charge in [0.25, 0.3) is 0 Å². The van der Waals surface area contributed by atoms with Crippen LogP contribution in [0.4, 0.5) is 4.79 Å². The number of carbonyl (C=O) groups is 1. The topological polar surface area (TPSA) is 54.5 Å². The number of pyridine rings is 1. The third kappa shape index (κ3) is 4.70. The van der Waals surface area contributed by atoms with E-state index in [4.69, 9.17) is 4.74 Å². The summed E-state index contributed by atoms with van der Waals surface area (Å²) >= 11 is 0. The maximum Gasteiger partial charge on any atom is 0.410 e. The van der Waals surface area contributed by atoms with Crippen molar-refractivity contribution in [2.75, 3.05) is 13.1 Å². The summed E-state index contributed by atoms with van der Waals surface area (Å²) in [6.45, 7) is 9.25. The molecule has 1 amide bonds. The van der Waals surface area contributed by atoms with Crippen molar-refractivity contribution in [3.63, 3.8) is 0 Å². The lowest BCUT2D eigenvalue weighted by molar-refractivity contribution is 0.0290. The molecule has 2 rings (SSSR count). The molecular weight excluding hydrogens is 266 g/mol. The molecule has 116 valence electrons. The lowest BCUT2D eigenvalue weighted by Gasteiger charge is -2.25. The first-order chi connectivity index (χ1) is 9.85. The number of rotatable bonds is 3. The average Bonchev–Trinajstić information content (AvgIpc) is 2.86. The van der Waals surface area contributed by atoms with Gasteiger partial charge in [-0.25, -0.2) is 4.79 Å². The van der Waals surface area contributed by atoms with Crippen LogP contribution >= 0.6 is 0 Å². The zero-order chi connectivity index (χ0) is 15.5. The summed E-state index contributed by atoms with van der Waals surface area (Å²) < 4.78 is 5.41. The minimum absolute atomic E-state index is 0.219. The molecule has 5 nitrogen and oxygen atoms in total. The molecule has 0 spiro atoms. The van der Waals surface area contributed by atoms with Gasteiger partial charge in [0.2, 0.25) is 0 Å². The van der Waals surface area contributed by atoms with E-state index >= 15 is 0 Å². The van der Waals surface area contributed by atoms with Gasteiger partial charge < -0.3 is 15.0 Å². The molecule has 0 radical (unpaired) electrons. The fraction of sp³-hybridized carbons (Fsp3) is 0.625. The molecule has 1 aliphatic rings. The van der Waals surface area contributed by atoms with Crippen molar-refractivity contribution in [2.45, 2.75) is 51.8 Å². The van der Waals surface area contributed by atoms with E-state index in [-0.39, 0.29) is 12.1 Å². The largest absolute Gasteiger partial charge is 0.444 e. The third-order valence-electron chi connectivity index (χ3n) is 3.53. The first kappa shape index (κ1) is 15.8. The number of ether oxygens (including phenoxy) is 1. The zero-order valence-corrected chi connectivity index (χ0v) is 13.3. The summed E-state index contributed by atoms with van der Waals surface area (Å²) in [5, 5.41) is 3.57. The quantitative estimate of drug-likeness (QED) is 0.930. The van der Waals surface area contributed by atoms with E-state index in [1.807, 2.05) is 32.9 Å². The second-order valence-electron chi connectivity index (χ2n) is 6.58. The van der Waals surface area contributed by atoms with Crippen LogP contribution in [0.1, 0.15) is 45.7 Å². The van der Waals surface area contributed by atoms with Crippen molar-refractivity contribution in [1.29, 1.82) is 0 Å². The Morgan fingerprint density at radius 1 is 1.43 bits per heavy atom. The molecular formula is C16H25N3O2. The molecule has 1 fully saturated rings. The molecule has 2 heterocycles. The number of nitrogens with zero attached hydrogens (tertiary/aromatic N) is 2. The van der Waals surface area contributed by atoms with Crippen molar-refractivity contribution >= 4 is 6.09 Å². The van der Waals surface area contributed by atoms with Gasteiger partial charge in [0.05, 0.1) is 0 Å². The van der Waals surface area contributed by atoms with Crippen LogP contribution < -0.4 is 5.32 Å². The summed E-state index contributed by atoms with van der Waals surface area (Å²) in [6.07, 6.45) is 4.34. The Morgan fingerprint density at radius 2 is 2.10 bits per heavy atom. The SMILES string of the molecule is CC(NC1CCN(C(=O)OC(C)(C)C)C1)c1ccncc1. The van der Waals surface area contributed by atoms with Crippen molar-refractivity contribution in [2.24, 2.45) is 0 Å². The monoisotopic (exact) mass is 291 g/mol. The van der Waals surface area contributed by atoms with Gasteiger partial charge in [0, 0.05) is 37.6 Å². The molecule has 0 aliphatic carbocycles. The molecule has 21 heavy (non-hydrogen) atoms. The van der Waals surface area contributed by atoms with Gasteiger partial charge in [0.15, 0.2) is 0 Å². The average molecular weight is 291 g/mol.